The molecule has 0 aliphatic heterocycles. The SMILES string of the molecule is COc1ccc(NC(=O)c2sc3ccccc3c2Cc2ccc(C)cc2)c(OC)c1. The van der Waals surface area contributed by atoms with E-state index in [1.807, 2.05) is 12.1 Å². The Balaban J connectivity index is 1.71. The molecule has 0 unspecified atom stereocenters. The number of thiophene rings is 1. The average Bonchev–Trinajstić information content (AvgIpc) is 3.14. The van der Waals surface area contributed by atoms with E-state index in [1.54, 1.807) is 32.4 Å². The number of hydrogen-bond donors (Lipinski definition) is 1. The molecule has 4 nitrogen and oxygen atoms in total. The van der Waals surface area contributed by atoms with E-state index < -0.39 is 0 Å². The maximum atomic E-state index is 13.3. The van der Waals surface area contributed by atoms with Crippen LogP contribution in [0.1, 0.15) is 26.4 Å². The zero-order valence-corrected chi connectivity index (χ0v) is 18.0. The predicted molar refractivity (Wildman–Crippen MR) is 123 cm³/mol. The van der Waals surface area contributed by atoms with E-state index in [4.69, 9.17) is 9.47 Å². The van der Waals surface area contributed by atoms with Gasteiger partial charge in [0.15, 0.2) is 0 Å². The molecule has 0 fully saturated rings. The Labute approximate surface area is 180 Å². The maximum Gasteiger partial charge on any atom is 0.266 e. The average molecular weight is 418 g/mol. The molecule has 0 aliphatic rings. The van der Waals surface area contributed by atoms with Crippen LogP contribution in [0.5, 0.6) is 11.5 Å². The Morgan fingerprint density at radius 3 is 2.47 bits per heavy atom. The first kappa shape index (κ1) is 20.0. The van der Waals surface area contributed by atoms with Gasteiger partial charge in [-0.3, -0.25) is 4.79 Å². The van der Waals surface area contributed by atoms with Crippen LogP contribution in [0.4, 0.5) is 5.69 Å². The van der Waals surface area contributed by atoms with Crippen LogP contribution in [0.2, 0.25) is 0 Å². The van der Waals surface area contributed by atoms with Crippen LogP contribution in [0.3, 0.4) is 0 Å². The predicted octanol–water partition coefficient (Wildman–Crippen LogP) is 6.07. The number of anilines is 1. The van der Waals surface area contributed by atoms with Crippen molar-refractivity contribution in [3.63, 3.8) is 0 Å². The summed E-state index contributed by atoms with van der Waals surface area (Å²) in [6, 6.07) is 22.0. The van der Waals surface area contributed by atoms with E-state index in [1.165, 1.54) is 22.5 Å². The minimum atomic E-state index is -0.137. The van der Waals surface area contributed by atoms with Gasteiger partial charge in [0.25, 0.3) is 5.91 Å². The highest BCUT2D eigenvalue weighted by molar-refractivity contribution is 7.21. The van der Waals surface area contributed by atoms with E-state index in [-0.39, 0.29) is 5.91 Å². The summed E-state index contributed by atoms with van der Waals surface area (Å²) >= 11 is 1.52. The van der Waals surface area contributed by atoms with Crippen molar-refractivity contribution in [2.24, 2.45) is 0 Å². The van der Waals surface area contributed by atoms with Gasteiger partial charge in [0.05, 0.1) is 24.8 Å². The van der Waals surface area contributed by atoms with E-state index in [0.29, 0.717) is 23.6 Å². The lowest BCUT2D eigenvalue weighted by Gasteiger charge is -2.12. The van der Waals surface area contributed by atoms with Crippen molar-refractivity contribution in [3.05, 3.63) is 88.3 Å². The molecule has 30 heavy (non-hydrogen) atoms. The Hall–Kier alpha value is -3.31. The van der Waals surface area contributed by atoms with Gasteiger partial charge in [0.2, 0.25) is 0 Å². The molecule has 4 rings (SSSR count). The van der Waals surface area contributed by atoms with Crippen LogP contribution in [0.15, 0.2) is 66.7 Å². The summed E-state index contributed by atoms with van der Waals surface area (Å²) in [6.07, 6.45) is 0.701. The van der Waals surface area contributed by atoms with E-state index in [2.05, 4.69) is 48.6 Å². The lowest BCUT2D eigenvalue weighted by atomic mass is 10.0. The number of nitrogens with one attached hydrogen (secondary N) is 1. The molecule has 3 aromatic carbocycles. The van der Waals surface area contributed by atoms with E-state index >= 15 is 0 Å². The molecule has 0 bridgehead atoms. The van der Waals surface area contributed by atoms with E-state index in [0.717, 1.165) is 20.5 Å². The van der Waals surface area contributed by atoms with Gasteiger partial charge < -0.3 is 14.8 Å². The van der Waals surface area contributed by atoms with Gasteiger partial charge in [0, 0.05) is 10.8 Å². The number of hydrogen-bond acceptors (Lipinski definition) is 4. The second-order valence-electron chi connectivity index (χ2n) is 7.09. The molecule has 152 valence electrons. The van der Waals surface area contributed by atoms with Crippen molar-refractivity contribution < 1.29 is 14.3 Å². The number of aryl methyl sites for hydroxylation is 1. The third-order valence-electron chi connectivity index (χ3n) is 5.06. The zero-order valence-electron chi connectivity index (χ0n) is 17.2. The molecule has 1 N–H and O–H groups in total. The van der Waals surface area contributed by atoms with Crippen molar-refractivity contribution in [1.82, 2.24) is 0 Å². The molecule has 1 heterocycles. The first-order valence-electron chi connectivity index (χ1n) is 9.68. The van der Waals surface area contributed by atoms with E-state index in [9.17, 15) is 4.79 Å². The molecule has 1 aromatic heterocycles. The van der Waals surface area contributed by atoms with Crippen LogP contribution in [-0.4, -0.2) is 20.1 Å². The van der Waals surface area contributed by atoms with Gasteiger partial charge in [-0.05, 0) is 48.1 Å². The molecule has 0 spiro atoms. The van der Waals surface area contributed by atoms with Crippen molar-refractivity contribution in [1.29, 1.82) is 0 Å². The second kappa shape index (κ2) is 8.59. The highest BCUT2D eigenvalue weighted by Gasteiger charge is 2.20. The summed E-state index contributed by atoms with van der Waals surface area (Å²) in [4.78, 5) is 14.0. The second-order valence-corrected chi connectivity index (χ2v) is 8.14. The van der Waals surface area contributed by atoms with Crippen LogP contribution in [0.25, 0.3) is 10.1 Å². The van der Waals surface area contributed by atoms with Crippen LogP contribution >= 0.6 is 11.3 Å². The smallest absolute Gasteiger partial charge is 0.266 e. The van der Waals surface area contributed by atoms with Gasteiger partial charge in [-0.2, -0.15) is 0 Å². The van der Waals surface area contributed by atoms with Crippen molar-refractivity contribution in [3.8, 4) is 11.5 Å². The Morgan fingerprint density at radius 1 is 0.967 bits per heavy atom. The third kappa shape index (κ3) is 4.02. The summed E-state index contributed by atoms with van der Waals surface area (Å²) in [5.41, 5.74) is 4.06. The summed E-state index contributed by atoms with van der Waals surface area (Å²) < 4.78 is 11.8. The fraction of sp³-hybridized carbons (Fsp3) is 0.160. The fourth-order valence-corrected chi connectivity index (χ4v) is 4.57. The maximum absolute atomic E-state index is 13.3. The fourth-order valence-electron chi connectivity index (χ4n) is 3.45. The summed E-state index contributed by atoms with van der Waals surface area (Å²) in [7, 11) is 3.17. The van der Waals surface area contributed by atoms with Gasteiger partial charge in [-0.15, -0.1) is 11.3 Å². The minimum Gasteiger partial charge on any atom is -0.497 e. The topological polar surface area (TPSA) is 47.6 Å². The number of ether oxygens (including phenoxy) is 2. The lowest BCUT2D eigenvalue weighted by Crippen LogP contribution is -2.13. The Bertz CT molecular complexity index is 1190. The number of fused-ring (bicyclic) bond motifs is 1. The Kier molecular flexibility index (Phi) is 5.72. The van der Waals surface area contributed by atoms with Crippen LogP contribution in [0, 0.1) is 6.92 Å². The van der Waals surface area contributed by atoms with Crippen LogP contribution in [-0.2, 0) is 6.42 Å². The van der Waals surface area contributed by atoms with Crippen molar-refractivity contribution >= 4 is 33.0 Å². The number of carbonyl (C=O) groups excluding carboxylic acids is 1. The molecular weight excluding hydrogens is 394 g/mol. The quantitative estimate of drug-likeness (QED) is 0.414. The lowest BCUT2D eigenvalue weighted by molar-refractivity contribution is 0.102. The number of methoxy groups -OCH3 is 2. The van der Waals surface area contributed by atoms with Gasteiger partial charge in [0.1, 0.15) is 11.5 Å². The molecule has 0 saturated heterocycles. The zero-order chi connectivity index (χ0) is 21.1. The van der Waals surface area contributed by atoms with Crippen molar-refractivity contribution in [2.75, 3.05) is 19.5 Å². The minimum absolute atomic E-state index is 0.137. The molecule has 0 radical (unpaired) electrons. The number of rotatable bonds is 6. The first-order chi connectivity index (χ1) is 14.6. The molecule has 0 atom stereocenters. The molecule has 5 heteroatoms. The number of carbonyl (C=O) groups is 1. The summed E-state index contributed by atoms with van der Waals surface area (Å²) in [6.45, 7) is 2.07. The number of benzene rings is 3. The molecule has 0 aliphatic carbocycles. The number of amides is 1. The molecule has 0 saturated carbocycles. The highest BCUT2D eigenvalue weighted by Crippen LogP contribution is 2.35. The van der Waals surface area contributed by atoms with Crippen molar-refractivity contribution in [2.45, 2.75) is 13.3 Å². The highest BCUT2D eigenvalue weighted by atomic mass is 32.1. The monoisotopic (exact) mass is 417 g/mol. The molecule has 4 aromatic rings. The van der Waals surface area contributed by atoms with Gasteiger partial charge >= 0.3 is 0 Å². The largest absolute Gasteiger partial charge is 0.497 e. The summed E-state index contributed by atoms with van der Waals surface area (Å²) in [5, 5.41) is 4.14. The summed E-state index contributed by atoms with van der Waals surface area (Å²) in [5.74, 6) is 1.09. The van der Waals surface area contributed by atoms with Crippen LogP contribution < -0.4 is 14.8 Å². The standard InChI is InChI=1S/C25H23NO3S/c1-16-8-10-17(11-9-16)14-20-19-6-4-5-7-23(19)30-24(20)25(27)26-21-13-12-18(28-2)15-22(21)29-3/h4-13,15H,14H2,1-3H3,(H,26,27). The normalized spacial score (nSPS) is 10.8. The first-order valence-corrected chi connectivity index (χ1v) is 10.5. The molecule has 1 amide bonds. The van der Waals surface area contributed by atoms with Gasteiger partial charge in [-0.1, -0.05) is 48.0 Å². The van der Waals surface area contributed by atoms with Gasteiger partial charge in [-0.25, -0.2) is 0 Å². The third-order valence-corrected chi connectivity index (χ3v) is 6.27. The Morgan fingerprint density at radius 2 is 1.73 bits per heavy atom. The molecular formula is C25H23NO3S.